The van der Waals surface area contributed by atoms with Gasteiger partial charge in [0.25, 0.3) is 5.91 Å². The molecule has 0 atom stereocenters. The van der Waals surface area contributed by atoms with E-state index in [2.05, 4.69) is 9.88 Å². The van der Waals surface area contributed by atoms with Gasteiger partial charge in [-0.1, -0.05) is 29.0 Å². The molecule has 0 saturated carbocycles. The molecule has 2 aromatic carbocycles. The second-order valence-corrected chi connectivity index (χ2v) is 8.47. The molecule has 31 heavy (non-hydrogen) atoms. The van der Waals surface area contributed by atoms with E-state index in [1.165, 1.54) is 6.07 Å². The Kier molecular flexibility index (Phi) is 7.59. The number of rotatable bonds is 5. The Morgan fingerprint density at radius 1 is 1.19 bits per heavy atom. The standard InChI is InChI=1S/C22H23F2N3O2S.ClH/c1-14-3-4-17(15(2)11-14)21(28)27(6-5-26-7-9-29-10-8-26)22-25-20-18(24)12-16(23)13-19(20)30-22;/h3-4,11-13H,5-10H2,1-2H3;1H. The Morgan fingerprint density at radius 2 is 1.94 bits per heavy atom. The summed E-state index contributed by atoms with van der Waals surface area (Å²) in [7, 11) is 0. The maximum atomic E-state index is 14.2. The minimum absolute atomic E-state index is 0. The van der Waals surface area contributed by atoms with Crippen molar-refractivity contribution in [1.82, 2.24) is 9.88 Å². The van der Waals surface area contributed by atoms with Gasteiger partial charge in [-0.25, -0.2) is 13.8 Å². The number of ether oxygens (including phenoxy) is 1. The summed E-state index contributed by atoms with van der Waals surface area (Å²) in [6, 6.07) is 7.73. The summed E-state index contributed by atoms with van der Waals surface area (Å²) in [5.41, 5.74) is 2.60. The summed E-state index contributed by atoms with van der Waals surface area (Å²) in [6.45, 7) is 7.84. The molecule has 0 unspecified atom stereocenters. The maximum Gasteiger partial charge on any atom is 0.260 e. The molecule has 2 heterocycles. The van der Waals surface area contributed by atoms with Crippen molar-refractivity contribution in [3.05, 3.63) is 58.7 Å². The number of benzene rings is 2. The molecule has 1 aliphatic rings. The van der Waals surface area contributed by atoms with Crippen LogP contribution in [0.15, 0.2) is 30.3 Å². The van der Waals surface area contributed by atoms with Crippen LogP contribution in [0.1, 0.15) is 21.5 Å². The van der Waals surface area contributed by atoms with E-state index in [9.17, 15) is 13.6 Å². The predicted molar refractivity (Wildman–Crippen MR) is 122 cm³/mol. The second kappa shape index (κ2) is 9.99. The van der Waals surface area contributed by atoms with E-state index in [1.807, 2.05) is 32.0 Å². The minimum Gasteiger partial charge on any atom is -0.379 e. The van der Waals surface area contributed by atoms with Crippen molar-refractivity contribution in [2.24, 2.45) is 0 Å². The number of fused-ring (bicyclic) bond motifs is 1. The molecule has 1 aliphatic heterocycles. The topological polar surface area (TPSA) is 45.7 Å². The smallest absolute Gasteiger partial charge is 0.260 e. The zero-order valence-electron chi connectivity index (χ0n) is 17.4. The van der Waals surface area contributed by atoms with Crippen LogP contribution in [0, 0.1) is 25.5 Å². The summed E-state index contributed by atoms with van der Waals surface area (Å²) >= 11 is 1.12. The Hall–Kier alpha value is -2.13. The van der Waals surface area contributed by atoms with E-state index < -0.39 is 11.6 Å². The van der Waals surface area contributed by atoms with Crippen LogP contribution in [0.4, 0.5) is 13.9 Å². The summed E-state index contributed by atoms with van der Waals surface area (Å²) in [4.78, 5) is 21.6. The van der Waals surface area contributed by atoms with Crippen LogP contribution in [-0.2, 0) is 4.74 Å². The first kappa shape index (κ1) is 23.5. The highest BCUT2D eigenvalue weighted by Gasteiger charge is 2.25. The van der Waals surface area contributed by atoms with Crippen molar-refractivity contribution < 1.29 is 18.3 Å². The fourth-order valence-electron chi connectivity index (χ4n) is 3.61. The number of halogens is 3. The first-order chi connectivity index (χ1) is 14.4. The molecule has 166 valence electrons. The van der Waals surface area contributed by atoms with Crippen molar-refractivity contribution in [2.75, 3.05) is 44.3 Å². The lowest BCUT2D eigenvalue weighted by molar-refractivity contribution is 0.0391. The number of thiazole rings is 1. The summed E-state index contributed by atoms with van der Waals surface area (Å²) in [5, 5.41) is 0.368. The van der Waals surface area contributed by atoms with Gasteiger partial charge in [-0.2, -0.15) is 0 Å². The van der Waals surface area contributed by atoms with Crippen LogP contribution < -0.4 is 4.90 Å². The number of carbonyl (C=O) groups is 1. The Bertz CT molecular complexity index is 1090. The van der Waals surface area contributed by atoms with Crippen LogP contribution in [0.25, 0.3) is 10.2 Å². The molecule has 5 nitrogen and oxygen atoms in total. The summed E-state index contributed by atoms with van der Waals surface area (Å²) in [6.07, 6.45) is 0. The van der Waals surface area contributed by atoms with Gasteiger partial charge in [-0.05, 0) is 31.5 Å². The molecule has 1 saturated heterocycles. The molecule has 1 fully saturated rings. The van der Waals surface area contributed by atoms with Crippen LogP contribution in [0.2, 0.25) is 0 Å². The fraction of sp³-hybridized carbons (Fsp3) is 0.364. The molecule has 0 radical (unpaired) electrons. The van der Waals surface area contributed by atoms with Gasteiger partial charge in [0.1, 0.15) is 11.3 Å². The third-order valence-electron chi connectivity index (χ3n) is 5.23. The van der Waals surface area contributed by atoms with Gasteiger partial charge in [0.05, 0.1) is 17.9 Å². The average Bonchev–Trinajstić information content (AvgIpc) is 3.13. The molecule has 4 rings (SSSR count). The van der Waals surface area contributed by atoms with Crippen LogP contribution in [0.3, 0.4) is 0 Å². The quantitative estimate of drug-likeness (QED) is 0.550. The van der Waals surface area contributed by atoms with Crippen molar-refractivity contribution in [1.29, 1.82) is 0 Å². The Balaban J connectivity index is 0.00000272. The largest absolute Gasteiger partial charge is 0.379 e. The van der Waals surface area contributed by atoms with E-state index in [0.29, 0.717) is 41.7 Å². The number of aromatic nitrogens is 1. The normalized spacial score (nSPS) is 14.5. The van der Waals surface area contributed by atoms with Crippen LogP contribution in [0.5, 0.6) is 0 Å². The third-order valence-corrected chi connectivity index (χ3v) is 6.26. The van der Waals surface area contributed by atoms with E-state index in [0.717, 1.165) is 41.6 Å². The molecular weight excluding hydrogens is 444 g/mol. The highest BCUT2D eigenvalue weighted by atomic mass is 35.5. The van der Waals surface area contributed by atoms with E-state index in [4.69, 9.17) is 4.74 Å². The highest BCUT2D eigenvalue weighted by Crippen LogP contribution is 2.32. The number of nitrogens with zero attached hydrogens (tertiary/aromatic N) is 3. The zero-order valence-corrected chi connectivity index (χ0v) is 19.0. The first-order valence-corrected chi connectivity index (χ1v) is 10.7. The van der Waals surface area contributed by atoms with Gasteiger partial charge < -0.3 is 4.74 Å². The number of hydrogen-bond donors (Lipinski definition) is 0. The summed E-state index contributed by atoms with van der Waals surface area (Å²) < 4.78 is 33.6. The van der Waals surface area contributed by atoms with Gasteiger partial charge in [-0.3, -0.25) is 14.6 Å². The SMILES string of the molecule is Cc1ccc(C(=O)N(CCN2CCOCC2)c2nc3c(F)cc(F)cc3s2)c(C)c1.Cl. The van der Waals surface area contributed by atoms with Crippen molar-refractivity contribution in [3.63, 3.8) is 0 Å². The number of amides is 1. The fourth-order valence-corrected chi connectivity index (χ4v) is 4.64. The Labute approximate surface area is 190 Å². The number of carbonyl (C=O) groups excluding carboxylic acids is 1. The lowest BCUT2D eigenvalue weighted by Crippen LogP contribution is -2.43. The summed E-state index contributed by atoms with van der Waals surface area (Å²) in [5.74, 6) is -1.57. The van der Waals surface area contributed by atoms with Crippen molar-refractivity contribution in [3.8, 4) is 0 Å². The molecule has 0 bridgehead atoms. The van der Waals surface area contributed by atoms with E-state index in [-0.39, 0.29) is 23.8 Å². The zero-order chi connectivity index (χ0) is 21.3. The number of hydrogen-bond acceptors (Lipinski definition) is 5. The van der Waals surface area contributed by atoms with E-state index >= 15 is 0 Å². The van der Waals surface area contributed by atoms with Crippen molar-refractivity contribution >= 4 is 45.0 Å². The molecular formula is C22H24ClF2N3O2S. The highest BCUT2D eigenvalue weighted by molar-refractivity contribution is 7.22. The van der Waals surface area contributed by atoms with Crippen LogP contribution >= 0.6 is 23.7 Å². The lowest BCUT2D eigenvalue weighted by Gasteiger charge is -2.29. The molecule has 0 spiro atoms. The second-order valence-electron chi connectivity index (χ2n) is 7.46. The number of morpholine rings is 1. The molecule has 0 aliphatic carbocycles. The number of aryl methyl sites for hydroxylation is 2. The van der Waals surface area contributed by atoms with Gasteiger partial charge in [0.15, 0.2) is 10.9 Å². The molecule has 0 N–H and O–H groups in total. The molecule has 3 aromatic rings. The van der Waals surface area contributed by atoms with Crippen LogP contribution in [-0.4, -0.2) is 55.2 Å². The minimum atomic E-state index is -0.723. The van der Waals surface area contributed by atoms with Gasteiger partial charge in [0.2, 0.25) is 0 Å². The van der Waals surface area contributed by atoms with Gasteiger partial charge in [-0.15, -0.1) is 12.4 Å². The molecule has 1 aromatic heterocycles. The monoisotopic (exact) mass is 467 g/mol. The van der Waals surface area contributed by atoms with E-state index in [1.54, 1.807) is 4.90 Å². The van der Waals surface area contributed by atoms with Crippen molar-refractivity contribution in [2.45, 2.75) is 13.8 Å². The molecule has 9 heteroatoms. The maximum absolute atomic E-state index is 14.2. The predicted octanol–water partition coefficient (Wildman–Crippen LogP) is 4.59. The average molecular weight is 468 g/mol. The van der Waals surface area contributed by atoms with Gasteiger partial charge >= 0.3 is 0 Å². The third kappa shape index (κ3) is 5.20. The van der Waals surface area contributed by atoms with Gasteiger partial charge in [0, 0.05) is 37.8 Å². The Morgan fingerprint density at radius 3 is 2.65 bits per heavy atom. The molecule has 1 amide bonds. The number of anilines is 1. The first-order valence-electron chi connectivity index (χ1n) is 9.87. The lowest BCUT2D eigenvalue weighted by atomic mass is 10.0.